The Morgan fingerprint density at radius 1 is 1.33 bits per heavy atom. The third kappa shape index (κ3) is 4.89. The number of amides is 1. The maximum atomic E-state index is 11.7. The van der Waals surface area contributed by atoms with E-state index in [0.717, 1.165) is 4.90 Å². The molecule has 0 spiro atoms. The number of aliphatic hydroxyl groups is 1. The lowest BCUT2D eigenvalue weighted by Crippen LogP contribution is -2.54. The fraction of sp³-hybridized carbons (Fsp3) is 0.818. The molecule has 3 atom stereocenters. The Morgan fingerprint density at radius 2 is 1.78 bits per heavy atom. The summed E-state index contributed by atoms with van der Waals surface area (Å²) in [6.07, 6.45) is -2.02. The quantitative estimate of drug-likeness (QED) is 0.658. The van der Waals surface area contributed by atoms with E-state index in [4.69, 9.17) is 15.6 Å². The highest BCUT2D eigenvalue weighted by Gasteiger charge is 2.33. The van der Waals surface area contributed by atoms with Gasteiger partial charge in [0.1, 0.15) is 17.7 Å². The van der Waals surface area contributed by atoms with Gasteiger partial charge in [0.2, 0.25) is 0 Å². The first-order chi connectivity index (χ1) is 7.97. The van der Waals surface area contributed by atoms with Crippen molar-refractivity contribution in [3.05, 3.63) is 0 Å². The van der Waals surface area contributed by atoms with Gasteiger partial charge in [-0.3, -0.25) is 4.79 Å². The predicted molar refractivity (Wildman–Crippen MR) is 65.1 cm³/mol. The van der Waals surface area contributed by atoms with Gasteiger partial charge in [0.05, 0.1) is 6.04 Å². The highest BCUT2D eigenvalue weighted by molar-refractivity contribution is 5.74. The standard InChI is InChI=1S/C11H22N2O5/c1-6(8(14)7(12)9(15)16)13(5)10(17)18-11(2,3)4/h6-8,14H,12H2,1-5H3,(H,15,16). The SMILES string of the molecule is CC(C(O)C(N)C(=O)O)N(C)C(=O)OC(C)(C)C. The van der Waals surface area contributed by atoms with Crippen molar-refractivity contribution in [2.75, 3.05) is 7.05 Å². The largest absolute Gasteiger partial charge is 0.480 e. The summed E-state index contributed by atoms with van der Waals surface area (Å²) in [7, 11) is 1.41. The number of aliphatic carboxylic acids is 1. The summed E-state index contributed by atoms with van der Waals surface area (Å²) < 4.78 is 5.10. The summed E-state index contributed by atoms with van der Waals surface area (Å²) in [5.74, 6) is -1.33. The van der Waals surface area contributed by atoms with E-state index in [0.29, 0.717) is 0 Å². The normalized spacial score (nSPS) is 16.6. The van der Waals surface area contributed by atoms with Crippen molar-refractivity contribution in [2.24, 2.45) is 5.73 Å². The third-order valence-electron chi connectivity index (χ3n) is 2.44. The molecule has 0 fully saturated rings. The zero-order valence-corrected chi connectivity index (χ0v) is 11.4. The zero-order valence-electron chi connectivity index (χ0n) is 11.4. The Morgan fingerprint density at radius 3 is 2.11 bits per heavy atom. The molecule has 0 aromatic carbocycles. The number of hydrogen-bond acceptors (Lipinski definition) is 5. The summed E-state index contributed by atoms with van der Waals surface area (Å²) >= 11 is 0. The second kappa shape index (κ2) is 6.01. The molecular weight excluding hydrogens is 240 g/mol. The minimum absolute atomic E-state index is 0.647. The first-order valence-corrected chi connectivity index (χ1v) is 5.59. The Bertz CT molecular complexity index is 313. The number of aliphatic hydroxyl groups excluding tert-OH is 1. The van der Waals surface area contributed by atoms with Crippen molar-refractivity contribution < 1.29 is 24.5 Å². The van der Waals surface area contributed by atoms with Crippen LogP contribution in [0, 0.1) is 0 Å². The number of rotatable bonds is 4. The van der Waals surface area contributed by atoms with Gasteiger partial charge in [-0.1, -0.05) is 0 Å². The summed E-state index contributed by atoms with van der Waals surface area (Å²) in [6, 6.07) is -2.23. The van der Waals surface area contributed by atoms with Crippen molar-refractivity contribution in [3.8, 4) is 0 Å². The van der Waals surface area contributed by atoms with E-state index in [1.807, 2.05) is 0 Å². The van der Waals surface area contributed by atoms with Gasteiger partial charge in [0.25, 0.3) is 0 Å². The molecule has 0 bridgehead atoms. The van der Waals surface area contributed by atoms with E-state index in [1.165, 1.54) is 14.0 Å². The maximum absolute atomic E-state index is 11.7. The van der Waals surface area contributed by atoms with Gasteiger partial charge in [0, 0.05) is 7.05 Å². The van der Waals surface area contributed by atoms with E-state index < -0.39 is 35.9 Å². The second-order valence-electron chi connectivity index (χ2n) is 5.19. The number of likely N-dealkylation sites (N-methyl/N-ethyl adjacent to an activating group) is 1. The number of carboxylic acids is 1. The van der Waals surface area contributed by atoms with Crippen LogP contribution in [-0.4, -0.2) is 58.0 Å². The van der Waals surface area contributed by atoms with Crippen LogP contribution in [0.25, 0.3) is 0 Å². The molecule has 4 N–H and O–H groups in total. The van der Waals surface area contributed by atoms with Gasteiger partial charge in [-0.15, -0.1) is 0 Å². The number of carbonyl (C=O) groups is 2. The van der Waals surface area contributed by atoms with Crippen molar-refractivity contribution >= 4 is 12.1 Å². The lowest BCUT2D eigenvalue weighted by atomic mass is 10.0. The topological polar surface area (TPSA) is 113 Å². The van der Waals surface area contributed by atoms with Crippen LogP contribution in [-0.2, 0) is 9.53 Å². The first-order valence-electron chi connectivity index (χ1n) is 5.59. The molecule has 106 valence electrons. The molecule has 0 aromatic heterocycles. The molecule has 0 radical (unpaired) electrons. The predicted octanol–water partition coefficient (Wildman–Crippen LogP) is 0.0146. The highest BCUT2D eigenvalue weighted by atomic mass is 16.6. The molecule has 0 aromatic rings. The molecule has 0 saturated heterocycles. The molecule has 0 aliphatic carbocycles. The van der Waals surface area contributed by atoms with Gasteiger partial charge >= 0.3 is 12.1 Å². The lowest BCUT2D eigenvalue weighted by molar-refractivity contribution is -0.142. The van der Waals surface area contributed by atoms with E-state index in [9.17, 15) is 14.7 Å². The van der Waals surface area contributed by atoms with Crippen LogP contribution in [0.15, 0.2) is 0 Å². The van der Waals surface area contributed by atoms with E-state index in [1.54, 1.807) is 20.8 Å². The van der Waals surface area contributed by atoms with Crippen LogP contribution in [0.5, 0.6) is 0 Å². The fourth-order valence-corrected chi connectivity index (χ4v) is 1.18. The smallest absolute Gasteiger partial charge is 0.410 e. The number of ether oxygens (including phenoxy) is 1. The van der Waals surface area contributed by atoms with E-state index in [-0.39, 0.29) is 0 Å². The Hall–Kier alpha value is -1.34. The number of carbonyl (C=O) groups excluding carboxylic acids is 1. The third-order valence-corrected chi connectivity index (χ3v) is 2.44. The average Bonchev–Trinajstić information content (AvgIpc) is 2.22. The Kier molecular flexibility index (Phi) is 5.56. The molecule has 18 heavy (non-hydrogen) atoms. The molecule has 0 aliphatic rings. The molecular formula is C11H22N2O5. The Labute approximate surface area is 107 Å². The number of nitrogens with zero attached hydrogens (tertiary/aromatic N) is 1. The molecule has 0 aliphatic heterocycles. The summed E-state index contributed by atoms with van der Waals surface area (Å²) in [6.45, 7) is 6.63. The van der Waals surface area contributed by atoms with E-state index in [2.05, 4.69) is 0 Å². The molecule has 3 unspecified atom stereocenters. The van der Waals surface area contributed by atoms with Crippen LogP contribution < -0.4 is 5.73 Å². The minimum Gasteiger partial charge on any atom is -0.480 e. The molecule has 1 amide bonds. The summed E-state index contributed by atoms with van der Waals surface area (Å²) in [4.78, 5) is 23.5. The summed E-state index contributed by atoms with van der Waals surface area (Å²) in [5, 5.41) is 18.4. The fourth-order valence-electron chi connectivity index (χ4n) is 1.18. The van der Waals surface area contributed by atoms with Gasteiger partial charge in [-0.05, 0) is 27.7 Å². The van der Waals surface area contributed by atoms with Gasteiger partial charge in [-0.2, -0.15) is 0 Å². The van der Waals surface area contributed by atoms with Crippen LogP contribution >= 0.6 is 0 Å². The monoisotopic (exact) mass is 262 g/mol. The summed E-state index contributed by atoms with van der Waals surface area (Å²) in [5.41, 5.74) is 4.64. The zero-order chi connectivity index (χ0) is 14.7. The number of carboxylic acid groups (broad SMARTS) is 1. The van der Waals surface area contributed by atoms with Gasteiger partial charge in [0.15, 0.2) is 0 Å². The van der Waals surface area contributed by atoms with Crippen LogP contribution in [0.3, 0.4) is 0 Å². The molecule has 0 saturated carbocycles. The van der Waals surface area contributed by atoms with Gasteiger partial charge in [-0.25, -0.2) is 4.79 Å². The average molecular weight is 262 g/mol. The van der Waals surface area contributed by atoms with Crippen molar-refractivity contribution in [3.63, 3.8) is 0 Å². The first kappa shape index (κ1) is 16.7. The number of nitrogens with two attached hydrogens (primary N) is 1. The highest BCUT2D eigenvalue weighted by Crippen LogP contribution is 2.13. The molecule has 7 heteroatoms. The molecule has 0 heterocycles. The Balaban J connectivity index is 4.64. The van der Waals surface area contributed by atoms with Crippen molar-refractivity contribution in [1.82, 2.24) is 4.90 Å². The van der Waals surface area contributed by atoms with Gasteiger partial charge < -0.3 is 25.6 Å². The van der Waals surface area contributed by atoms with Crippen LogP contribution in [0.4, 0.5) is 4.79 Å². The molecule has 7 nitrogen and oxygen atoms in total. The second-order valence-corrected chi connectivity index (χ2v) is 5.19. The van der Waals surface area contributed by atoms with Crippen molar-refractivity contribution in [2.45, 2.75) is 51.5 Å². The molecule has 0 rings (SSSR count). The van der Waals surface area contributed by atoms with Crippen LogP contribution in [0.2, 0.25) is 0 Å². The van der Waals surface area contributed by atoms with Crippen molar-refractivity contribution in [1.29, 1.82) is 0 Å². The van der Waals surface area contributed by atoms with Crippen LogP contribution in [0.1, 0.15) is 27.7 Å². The lowest BCUT2D eigenvalue weighted by Gasteiger charge is -2.32. The van der Waals surface area contributed by atoms with E-state index >= 15 is 0 Å². The number of hydrogen-bond donors (Lipinski definition) is 3. The maximum Gasteiger partial charge on any atom is 0.410 e. The minimum atomic E-state index is -1.45.